The van der Waals surface area contributed by atoms with Gasteiger partial charge in [0.25, 0.3) is 0 Å². The van der Waals surface area contributed by atoms with Gasteiger partial charge in [-0.05, 0) is 103 Å². The van der Waals surface area contributed by atoms with Gasteiger partial charge in [-0.3, -0.25) is 44.2 Å². The lowest BCUT2D eigenvalue weighted by Crippen LogP contribution is -2.58. The normalized spacial score (nSPS) is 27.4. The zero-order valence-electron chi connectivity index (χ0n) is 32.6. The molecule has 310 valence electrons. The number of hydrogen-bond acceptors (Lipinski definition) is 11. The number of carbonyl (C=O) groups is 4. The molecule has 13 nitrogen and oxygen atoms in total. The van der Waals surface area contributed by atoms with Crippen molar-refractivity contribution < 1.29 is 32.3 Å². The van der Waals surface area contributed by atoms with Crippen molar-refractivity contribution in [3.05, 3.63) is 47.5 Å². The van der Waals surface area contributed by atoms with Crippen LogP contribution in [0.1, 0.15) is 102 Å². The monoisotopic (exact) mass is 833 g/mol. The Bertz CT molecular complexity index is 1840. The molecule has 4 aliphatic rings. The Morgan fingerprint density at radius 3 is 2.33 bits per heavy atom. The quantitative estimate of drug-likeness (QED) is 0.212. The number of amides is 4. The van der Waals surface area contributed by atoms with Gasteiger partial charge in [0.05, 0.1) is 53.0 Å². The fourth-order valence-corrected chi connectivity index (χ4v) is 9.73. The Morgan fingerprint density at radius 1 is 1.05 bits per heavy atom. The van der Waals surface area contributed by atoms with E-state index in [4.69, 9.17) is 17.9 Å². The summed E-state index contributed by atoms with van der Waals surface area (Å²) in [6.07, 6.45) is 4.34. The molecule has 3 saturated heterocycles. The van der Waals surface area contributed by atoms with Crippen molar-refractivity contribution in [2.75, 3.05) is 36.4 Å². The number of aromatic nitrogens is 2. The second-order valence-electron chi connectivity index (χ2n) is 16.2. The molecule has 1 saturated carbocycles. The highest BCUT2D eigenvalue weighted by atomic mass is 35.5. The van der Waals surface area contributed by atoms with Crippen molar-refractivity contribution in [2.24, 2.45) is 5.92 Å². The van der Waals surface area contributed by atoms with Crippen molar-refractivity contribution in [3.8, 4) is 6.07 Å². The Balaban J connectivity index is 0.00000620. The molecule has 6 rings (SSSR count). The highest BCUT2D eigenvalue weighted by molar-refractivity contribution is 7.81. The lowest BCUT2D eigenvalue weighted by molar-refractivity contribution is -0.138. The van der Waals surface area contributed by atoms with Gasteiger partial charge in [0, 0.05) is 37.6 Å². The number of nitriles is 1. The van der Waals surface area contributed by atoms with E-state index in [0.717, 1.165) is 70.4 Å². The van der Waals surface area contributed by atoms with Crippen LogP contribution in [0.2, 0.25) is 0 Å². The van der Waals surface area contributed by atoms with Crippen LogP contribution in [0, 0.1) is 17.2 Å². The molecule has 2 N–H and O–H groups in total. The Morgan fingerprint density at radius 2 is 1.74 bits per heavy atom. The number of halogens is 4. The molecule has 1 aliphatic carbocycles. The molecule has 18 heteroatoms. The van der Waals surface area contributed by atoms with Crippen molar-refractivity contribution in [1.82, 2.24) is 30.0 Å². The Hall–Kier alpha value is -3.82. The van der Waals surface area contributed by atoms with Crippen LogP contribution >= 0.6 is 25.0 Å². The van der Waals surface area contributed by atoms with Crippen LogP contribution in [-0.4, -0.2) is 104 Å². The molecular weight excluding hydrogens is 783 g/mol. The minimum atomic E-state index is -4.79. The van der Waals surface area contributed by atoms with Crippen LogP contribution in [-0.2, 0) is 25.4 Å². The molecule has 2 aromatic heterocycles. The fourth-order valence-electron chi connectivity index (χ4n) is 9.01. The van der Waals surface area contributed by atoms with Crippen molar-refractivity contribution >= 4 is 60.0 Å². The molecule has 4 atom stereocenters. The maximum Gasteiger partial charge on any atom is 0.419 e. The van der Waals surface area contributed by atoms with Gasteiger partial charge in [0.15, 0.2) is 5.69 Å². The maximum absolute atomic E-state index is 13.7. The van der Waals surface area contributed by atoms with Crippen molar-refractivity contribution in [1.29, 1.82) is 5.26 Å². The second kappa shape index (κ2) is 18.0. The minimum absolute atomic E-state index is 0. The van der Waals surface area contributed by atoms with E-state index < -0.39 is 34.4 Å². The van der Waals surface area contributed by atoms with Gasteiger partial charge in [-0.15, -0.1) is 25.0 Å². The Kier molecular flexibility index (Phi) is 14.0. The maximum atomic E-state index is 13.7. The van der Waals surface area contributed by atoms with E-state index in [2.05, 4.69) is 44.2 Å². The SMILES string of the molecule is C[C@@H]1CN(CCCC2CCC(N3C(S)N(c4cnc(C#N)c(C(F)(F)F)c4)C(=O)C3(C)C)CC2)C[C@H](C)N1CC(=O)Nc1ccc(C2CCC(=O)NC2=O)nc1.Cl. The first kappa shape index (κ1) is 44.3. The predicted octanol–water partition coefficient (Wildman–Crippen LogP) is 5.32. The third-order valence-electron chi connectivity index (χ3n) is 11.9. The number of anilines is 2. The Labute approximate surface area is 342 Å². The van der Waals surface area contributed by atoms with Crippen LogP contribution in [0.3, 0.4) is 0 Å². The first-order chi connectivity index (χ1) is 26.5. The standard InChI is InChI=1S/C39H50F3N9O4S.ClH/c1-23-20-48(21-24(2)49(23)22-34(53)46-26-9-13-31(44-18-26)29-12-14-33(52)47-35(29)54)15-5-6-25-7-10-27(11-8-25)51-37(56)50(36(55)38(51,3)4)28-16-30(39(40,41)42)32(17-43)45-19-28;/h9,13,16,18-19,23-25,27,29,37,56H,5-8,10-12,14-15,20-22H2,1-4H3,(H,46,53)(H,47,52,54);1H/t23-,24+,25?,27?,29?,37?;. The largest absolute Gasteiger partial charge is 0.419 e. The topological polar surface area (TPSA) is 155 Å². The molecule has 2 aromatic rings. The number of nitrogens with one attached hydrogen (secondary N) is 2. The van der Waals surface area contributed by atoms with E-state index in [1.54, 1.807) is 32.2 Å². The molecule has 0 aromatic carbocycles. The molecule has 5 heterocycles. The number of carbonyl (C=O) groups excluding carboxylic acids is 4. The van der Waals surface area contributed by atoms with E-state index >= 15 is 0 Å². The third-order valence-corrected chi connectivity index (χ3v) is 12.4. The molecule has 57 heavy (non-hydrogen) atoms. The van der Waals surface area contributed by atoms with Crippen molar-refractivity contribution in [2.45, 2.75) is 120 Å². The smallest absolute Gasteiger partial charge is 0.324 e. The number of thiol groups is 1. The van der Waals surface area contributed by atoms with Gasteiger partial charge in [-0.25, -0.2) is 4.98 Å². The number of alkyl halides is 3. The average Bonchev–Trinajstić information content (AvgIpc) is 3.32. The zero-order valence-corrected chi connectivity index (χ0v) is 34.3. The molecule has 4 amide bonds. The minimum Gasteiger partial charge on any atom is -0.324 e. The average molecular weight is 834 g/mol. The van der Waals surface area contributed by atoms with Gasteiger partial charge < -0.3 is 10.2 Å². The van der Waals surface area contributed by atoms with E-state index in [9.17, 15) is 32.3 Å². The van der Waals surface area contributed by atoms with Gasteiger partial charge in [0.1, 0.15) is 11.6 Å². The summed E-state index contributed by atoms with van der Waals surface area (Å²) in [5.74, 6) is -1.07. The summed E-state index contributed by atoms with van der Waals surface area (Å²) in [4.78, 5) is 66.4. The lowest BCUT2D eigenvalue weighted by atomic mass is 9.81. The number of nitrogens with zero attached hydrogens (tertiary/aromatic N) is 7. The highest BCUT2D eigenvalue weighted by Gasteiger charge is 2.54. The zero-order chi connectivity index (χ0) is 40.5. The number of piperidine rings is 1. The molecule has 0 spiro atoms. The second-order valence-corrected chi connectivity index (χ2v) is 16.6. The van der Waals surface area contributed by atoms with Crippen molar-refractivity contribution in [3.63, 3.8) is 0 Å². The fraction of sp³-hybridized carbons (Fsp3) is 0.615. The van der Waals surface area contributed by atoms with Crippen LogP contribution in [0.5, 0.6) is 0 Å². The highest BCUT2D eigenvalue weighted by Crippen LogP contribution is 2.43. The van der Waals surface area contributed by atoms with Gasteiger partial charge >= 0.3 is 6.18 Å². The summed E-state index contributed by atoms with van der Waals surface area (Å²) < 4.78 is 41.1. The summed E-state index contributed by atoms with van der Waals surface area (Å²) in [6.45, 7) is 10.7. The number of hydrogen-bond donors (Lipinski definition) is 3. The molecule has 4 fully saturated rings. The van der Waals surface area contributed by atoms with E-state index in [0.29, 0.717) is 23.7 Å². The molecule has 3 aliphatic heterocycles. The summed E-state index contributed by atoms with van der Waals surface area (Å²) in [5, 5.41) is 14.4. The molecule has 0 bridgehead atoms. The number of pyridine rings is 2. The molecule has 2 unspecified atom stereocenters. The van der Waals surface area contributed by atoms with E-state index in [-0.39, 0.29) is 72.8 Å². The summed E-state index contributed by atoms with van der Waals surface area (Å²) >= 11 is 4.76. The predicted molar refractivity (Wildman–Crippen MR) is 212 cm³/mol. The van der Waals surface area contributed by atoms with E-state index in [1.165, 1.54) is 11.0 Å². The van der Waals surface area contributed by atoms with Gasteiger partial charge in [0.2, 0.25) is 23.6 Å². The van der Waals surface area contributed by atoms with Gasteiger partial charge in [-0.2, -0.15) is 18.4 Å². The van der Waals surface area contributed by atoms with Crippen LogP contribution < -0.4 is 15.5 Å². The van der Waals surface area contributed by atoms with Crippen LogP contribution in [0.15, 0.2) is 30.6 Å². The summed E-state index contributed by atoms with van der Waals surface area (Å²) in [7, 11) is 0. The molecule has 0 radical (unpaired) electrons. The lowest BCUT2D eigenvalue weighted by Gasteiger charge is -2.44. The summed E-state index contributed by atoms with van der Waals surface area (Å²) in [5.41, 5.74) is -2.61. The number of piperazine rings is 1. The van der Waals surface area contributed by atoms with Gasteiger partial charge in [-0.1, -0.05) is 0 Å². The van der Waals surface area contributed by atoms with Crippen LogP contribution in [0.25, 0.3) is 0 Å². The number of imide groups is 1. The number of rotatable bonds is 10. The molecular formula is C39H51ClF3N9O4S. The first-order valence-electron chi connectivity index (χ1n) is 19.3. The first-order valence-corrected chi connectivity index (χ1v) is 19.8. The van der Waals surface area contributed by atoms with Crippen LogP contribution in [0.4, 0.5) is 24.5 Å². The summed E-state index contributed by atoms with van der Waals surface area (Å²) in [6, 6.07) is 6.13. The van der Waals surface area contributed by atoms with E-state index in [1.807, 2.05) is 4.90 Å². The third kappa shape index (κ3) is 9.73.